The van der Waals surface area contributed by atoms with E-state index in [-0.39, 0.29) is 36.2 Å². The molecule has 3 aliphatic rings. The summed E-state index contributed by atoms with van der Waals surface area (Å²) in [6, 6.07) is -0.211. The summed E-state index contributed by atoms with van der Waals surface area (Å²) in [5.74, 6) is 2.81. The van der Waals surface area contributed by atoms with E-state index in [0.29, 0.717) is 5.88 Å². The van der Waals surface area contributed by atoms with Crippen LogP contribution in [0.3, 0.4) is 0 Å². The molecule has 0 aromatic heterocycles. The standard InChI is InChI=1S/C18H31N3O2S.ClH/c1-19-9-6-14-7-10-20(11-8-14)18(23)16-12-24-13-21(16)17(22)15-4-2-3-5-15;/h14-16,19H,2-13H2,1H3;1H. The minimum absolute atomic E-state index is 0. The Bertz CT molecular complexity index is 452. The maximum atomic E-state index is 13.0. The van der Waals surface area contributed by atoms with Gasteiger partial charge >= 0.3 is 0 Å². The second-order valence-corrected chi connectivity index (χ2v) is 8.47. The fraction of sp³-hybridized carbons (Fsp3) is 0.889. The molecule has 5 nitrogen and oxygen atoms in total. The predicted octanol–water partition coefficient (Wildman–Crippen LogP) is 2.35. The van der Waals surface area contributed by atoms with Gasteiger partial charge in [-0.1, -0.05) is 12.8 Å². The number of piperidine rings is 1. The number of nitrogens with one attached hydrogen (secondary N) is 1. The van der Waals surface area contributed by atoms with E-state index in [1.807, 2.05) is 16.8 Å². The lowest BCUT2D eigenvalue weighted by Crippen LogP contribution is -2.52. The SMILES string of the molecule is CNCCC1CCN(C(=O)C2CSCN2C(=O)C2CCCC2)CC1.Cl. The van der Waals surface area contributed by atoms with Gasteiger partial charge in [0, 0.05) is 24.8 Å². The van der Waals surface area contributed by atoms with Gasteiger partial charge in [0.05, 0.1) is 5.88 Å². The lowest BCUT2D eigenvalue weighted by Gasteiger charge is -2.35. The number of amides is 2. The van der Waals surface area contributed by atoms with E-state index in [1.54, 1.807) is 11.8 Å². The first-order valence-corrected chi connectivity index (χ1v) is 10.7. The molecule has 1 atom stereocenters. The first-order chi connectivity index (χ1) is 11.7. The molecule has 3 rings (SSSR count). The van der Waals surface area contributed by atoms with E-state index >= 15 is 0 Å². The van der Waals surface area contributed by atoms with Crippen molar-refractivity contribution < 1.29 is 9.59 Å². The highest BCUT2D eigenvalue weighted by Crippen LogP contribution is 2.32. The highest BCUT2D eigenvalue weighted by Gasteiger charge is 2.40. The molecule has 144 valence electrons. The Morgan fingerprint density at radius 2 is 1.76 bits per heavy atom. The normalized spacial score (nSPS) is 25.2. The maximum absolute atomic E-state index is 13.0. The zero-order valence-corrected chi connectivity index (χ0v) is 16.9. The van der Waals surface area contributed by atoms with Crippen LogP contribution in [0.4, 0.5) is 0 Å². The molecular formula is C18H32ClN3O2S. The molecule has 1 aliphatic carbocycles. The Morgan fingerprint density at radius 1 is 1.08 bits per heavy atom. The fourth-order valence-electron chi connectivity index (χ4n) is 4.27. The molecule has 0 aromatic carbocycles. The van der Waals surface area contributed by atoms with Crippen molar-refractivity contribution in [2.24, 2.45) is 11.8 Å². The zero-order chi connectivity index (χ0) is 16.9. The molecule has 1 N–H and O–H groups in total. The number of thioether (sulfide) groups is 1. The summed E-state index contributed by atoms with van der Waals surface area (Å²) in [5.41, 5.74) is 0. The number of hydrogen-bond acceptors (Lipinski definition) is 4. The third kappa shape index (κ3) is 5.04. The molecule has 3 fully saturated rings. The molecule has 2 amide bonds. The van der Waals surface area contributed by atoms with Gasteiger partial charge in [-0.2, -0.15) is 0 Å². The van der Waals surface area contributed by atoms with Crippen molar-refractivity contribution in [2.45, 2.75) is 51.0 Å². The minimum atomic E-state index is -0.211. The van der Waals surface area contributed by atoms with Gasteiger partial charge in [-0.05, 0) is 51.6 Å². The largest absolute Gasteiger partial charge is 0.341 e. The van der Waals surface area contributed by atoms with Gasteiger partial charge in [-0.25, -0.2) is 0 Å². The van der Waals surface area contributed by atoms with Gasteiger partial charge in [0.25, 0.3) is 0 Å². The molecule has 25 heavy (non-hydrogen) atoms. The molecular weight excluding hydrogens is 358 g/mol. The molecule has 2 saturated heterocycles. The summed E-state index contributed by atoms with van der Waals surface area (Å²) >= 11 is 1.73. The van der Waals surface area contributed by atoms with Gasteiger partial charge in [0.1, 0.15) is 6.04 Å². The molecule has 0 radical (unpaired) electrons. The summed E-state index contributed by atoms with van der Waals surface area (Å²) in [7, 11) is 1.99. The van der Waals surface area contributed by atoms with Gasteiger partial charge in [0.15, 0.2) is 0 Å². The molecule has 0 bridgehead atoms. The Hall–Kier alpha value is -0.460. The summed E-state index contributed by atoms with van der Waals surface area (Å²) in [4.78, 5) is 29.6. The smallest absolute Gasteiger partial charge is 0.246 e. The number of halogens is 1. The fourth-order valence-corrected chi connectivity index (χ4v) is 5.43. The molecule has 2 heterocycles. The summed E-state index contributed by atoms with van der Waals surface area (Å²) in [5, 5.41) is 3.21. The number of carbonyl (C=O) groups excluding carboxylic acids is 2. The molecule has 7 heteroatoms. The monoisotopic (exact) mass is 389 g/mol. The third-order valence-corrected chi connectivity index (χ3v) is 6.90. The van der Waals surface area contributed by atoms with Crippen LogP contribution in [0, 0.1) is 11.8 Å². The molecule has 2 aliphatic heterocycles. The van der Waals surface area contributed by atoms with E-state index in [4.69, 9.17) is 0 Å². The van der Waals surface area contributed by atoms with Crippen molar-refractivity contribution in [3.8, 4) is 0 Å². The summed E-state index contributed by atoms with van der Waals surface area (Å²) in [6.07, 6.45) is 7.75. The van der Waals surface area contributed by atoms with Crippen molar-refractivity contribution in [2.75, 3.05) is 38.3 Å². The lowest BCUT2D eigenvalue weighted by molar-refractivity contribution is -0.146. The Morgan fingerprint density at radius 3 is 2.40 bits per heavy atom. The van der Waals surface area contributed by atoms with Crippen LogP contribution >= 0.6 is 24.2 Å². The van der Waals surface area contributed by atoms with Crippen LogP contribution in [0.15, 0.2) is 0 Å². The maximum Gasteiger partial charge on any atom is 0.246 e. The van der Waals surface area contributed by atoms with Crippen LogP contribution in [-0.4, -0.2) is 66.0 Å². The molecule has 0 aromatic rings. The number of nitrogens with zero attached hydrogens (tertiary/aromatic N) is 2. The summed E-state index contributed by atoms with van der Waals surface area (Å²) in [6.45, 7) is 2.78. The van der Waals surface area contributed by atoms with Crippen LogP contribution < -0.4 is 5.32 Å². The van der Waals surface area contributed by atoms with Crippen molar-refractivity contribution in [3.63, 3.8) is 0 Å². The molecule has 1 saturated carbocycles. The van der Waals surface area contributed by atoms with Crippen LogP contribution in [0.2, 0.25) is 0 Å². The minimum Gasteiger partial charge on any atom is -0.341 e. The average molecular weight is 390 g/mol. The predicted molar refractivity (Wildman–Crippen MR) is 105 cm³/mol. The second-order valence-electron chi connectivity index (χ2n) is 7.47. The number of likely N-dealkylation sites (tertiary alicyclic amines) is 1. The third-order valence-electron chi connectivity index (χ3n) is 5.88. The first-order valence-electron chi connectivity index (χ1n) is 9.52. The van der Waals surface area contributed by atoms with E-state index in [0.717, 1.165) is 69.8 Å². The van der Waals surface area contributed by atoms with Gasteiger partial charge in [0.2, 0.25) is 11.8 Å². The Kier molecular flexibility index (Phi) is 8.36. The van der Waals surface area contributed by atoms with Crippen LogP contribution in [0.1, 0.15) is 44.9 Å². The quantitative estimate of drug-likeness (QED) is 0.784. The van der Waals surface area contributed by atoms with E-state index in [2.05, 4.69) is 5.32 Å². The Labute approximate surface area is 162 Å². The van der Waals surface area contributed by atoms with Crippen molar-refractivity contribution >= 4 is 36.0 Å². The molecule has 1 unspecified atom stereocenters. The highest BCUT2D eigenvalue weighted by atomic mass is 35.5. The van der Waals surface area contributed by atoms with E-state index in [9.17, 15) is 9.59 Å². The number of carbonyl (C=O) groups is 2. The van der Waals surface area contributed by atoms with Crippen LogP contribution in [-0.2, 0) is 9.59 Å². The average Bonchev–Trinajstić information content (AvgIpc) is 3.30. The van der Waals surface area contributed by atoms with Gasteiger partial charge in [-0.15, -0.1) is 24.2 Å². The lowest BCUT2D eigenvalue weighted by atomic mass is 9.93. The second kappa shape index (κ2) is 10.0. The van der Waals surface area contributed by atoms with E-state index < -0.39 is 0 Å². The number of rotatable bonds is 5. The first kappa shape index (κ1) is 20.8. The van der Waals surface area contributed by atoms with Crippen molar-refractivity contribution in [1.29, 1.82) is 0 Å². The van der Waals surface area contributed by atoms with Crippen molar-refractivity contribution in [1.82, 2.24) is 15.1 Å². The van der Waals surface area contributed by atoms with Gasteiger partial charge in [-0.3, -0.25) is 9.59 Å². The van der Waals surface area contributed by atoms with Gasteiger partial charge < -0.3 is 15.1 Å². The van der Waals surface area contributed by atoms with Crippen molar-refractivity contribution in [3.05, 3.63) is 0 Å². The molecule has 0 spiro atoms. The highest BCUT2D eigenvalue weighted by molar-refractivity contribution is 7.99. The van der Waals surface area contributed by atoms with Crippen LogP contribution in [0.5, 0.6) is 0 Å². The summed E-state index contributed by atoms with van der Waals surface area (Å²) < 4.78 is 0. The number of hydrogen-bond donors (Lipinski definition) is 1. The van der Waals surface area contributed by atoms with E-state index in [1.165, 1.54) is 6.42 Å². The van der Waals surface area contributed by atoms with Crippen LogP contribution in [0.25, 0.3) is 0 Å². The zero-order valence-electron chi connectivity index (χ0n) is 15.2. The topological polar surface area (TPSA) is 52.7 Å². The Balaban J connectivity index is 0.00000225.